The summed E-state index contributed by atoms with van der Waals surface area (Å²) in [5, 5.41) is 0. The fourth-order valence-corrected chi connectivity index (χ4v) is 2.36. The zero-order valence-electron chi connectivity index (χ0n) is 7.52. The molecule has 0 aliphatic rings. The van der Waals surface area contributed by atoms with Gasteiger partial charge in [0.1, 0.15) is 0 Å². The van der Waals surface area contributed by atoms with Crippen LogP contribution in [-0.4, -0.2) is 9.55 Å². The number of rotatable bonds is 1. The van der Waals surface area contributed by atoms with Crippen LogP contribution >= 0.6 is 11.3 Å². The molecule has 2 rings (SSSR count). The van der Waals surface area contributed by atoms with E-state index in [4.69, 9.17) is 0 Å². The van der Waals surface area contributed by atoms with Gasteiger partial charge in [-0.05, 0) is 19.9 Å². The smallest absolute Gasteiger partial charge is 0.296 e. The molecule has 0 aliphatic carbocycles. The van der Waals surface area contributed by atoms with Crippen molar-refractivity contribution in [2.24, 2.45) is 0 Å². The van der Waals surface area contributed by atoms with Crippen LogP contribution in [-0.2, 0) is 0 Å². The molecule has 0 bridgehead atoms. The predicted molar refractivity (Wildman–Crippen MR) is 54.3 cm³/mol. The van der Waals surface area contributed by atoms with Crippen molar-refractivity contribution >= 4 is 21.6 Å². The normalized spacial score (nSPS) is 11.3. The Kier molecular flexibility index (Phi) is 1.92. The Bertz CT molecular complexity index is 484. The van der Waals surface area contributed by atoms with Gasteiger partial charge in [0.2, 0.25) is 0 Å². The molecular formula is C9H10N2OS. The van der Waals surface area contributed by atoms with Crippen LogP contribution in [0, 0.1) is 0 Å². The van der Waals surface area contributed by atoms with Crippen LogP contribution in [0.1, 0.15) is 19.9 Å². The lowest BCUT2D eigenvalue weighted by atomic mass is 10.3. The first-order chi connectivity index (χ1) is 6.20. The highest BCUT2D eigenvalue weighted by Crippen LogP contribution is 2.18. The van der Waals surface area contributed by atoms with Crippen LogP contribution in [0.15, 0.2) is 23.3 Å². The highest BCUT2D eigenvalue weighted by molar-refractivity contribution is 7.16. The molecule has 0 aromatic carbocycles. The van der Waals surface area contributed by atoms with E-state index in [0.717, 1.165) is 10.2 Å². The van der Waals surface area contributed by atoms with E-state index in [0.29, 0.717) is 0 Å². The number of nitrogens with zero attached hydrogens (tertiary/aromatic N) is 2. The topological polar surface area (TPSA) is 34.9 Å². The van der Waals surface area contributed by atoms with Crippen LogP contribution in [0.2, 0.25) is 0 Å². The van der Waals surface area contributed by atoms with Gasteiger partial charge in [0.15, 0.2) is 0 Å². The molecule has 0 aliphatic heterocycles. The number of thiazole rings is 1. The second-order valence-corrected chi connectivity index (χ2v) is 4.17. The van der Waals surface area contributed by atoms with Gasteiger partial charge in [0, 0.05) is 18.4 Å². The molecule has 0 fully saturated rings. The summed E-state index contributed by atoms with van der Waals surface area (Å²) >= 11 is 1.25. The third-order valence-corrected chi connectivity index (χ3v) is 2.84. The lowest BCUT2D eigenvalue weighted by molar-refractivity contribution is 0.611. The van der Waals surface area contributed by atoms with Crippen molar-refractivity contribution in [1.29, 1.82) is 0 Å². The summed E-state index contributed by atoms with van der Waals surface area (Å²) in [4.78, 5) is 15.6. The van der Waals surface area contributed by atoms with Gasteiger partial charge >= 0.3 is 4.87 Å². The lowest BCUT2D eigenvalue weighted by Crippen LogP contribution is -2.14. The molecular weight excluding hydrogens is 184 g/mol. The van der Waals surface area contributed by atoms with E-state index < -0.39 is 0 Å². The molecule has 0 N–H and O–H groups in total. The van der Waals surface area contributed by atoms with Gasteiger partial charge < -0.3 is 0 Å². The molecule has 0 saturated heterocycles. The standard InChI is InChI=1S/C9H10N2OS/c1-6(2)11-7-3-4-10-5-8(7)13-9(11)12/h3-6H,1-2H3. The molecule has 2 aromatic rings. The van der Waals surface area contributed by atoms with Crippen molar-refractivity contribution in [3.63, 3.8) is 0 Å². The maximum absolute atomic E-state index is 11.5. The van der Waals surface area contributed by atoms with E-state index in [-0.39, 0.29) is 10.9 Å². The minimum atomic E-state index is 0.0954. The summed E-state index contributed by atoms with van der Waals surface area (Å²) in [7, 11) is 0. The molecule has 4 heteroatoms. The minimum absolute atomic E-state index is 0.0954. The SMILES string of the molecule is CC(C)n1c(=O)sc2cnccc21. The fraction of sp³-hybridized carbons (Fsp3) is 0.333. The largest absolute Gasteiger partial charge is 0.308 e. The molecule has 2 aromatic heterocycles. The molecule has 0 unspecified atom stereocenters. The summed E-state index contributed by atoms with van der Waals surface area (Å²) in [5.74, 6) is 0. The van der Waals surface area contributed by atoms with Crippen molar-refractivity contribution in [1.82, 2.24) is 9.55 Å². The van der Waals surface area contributed by atoms with Crippen molar-refractivity contribution in [3.8, 4) is 0 Å². The molecule has 0 atom stereocenters. The first kappa shape index (κ1) is 8.44. The number of aromatic nitrogens is 2. The van der Waals surface area contributed by atoms with Gasteiger partial charge in [-0.2, -0.15) is 0 Å². The monoisotopic (exact) mass is 194 g/mol. The predicted octanol–water partition coefficient (Wildman–Crippen LogP) is 2.04. The molecule has 0 saturated carbocycles. The third kappa shape index (κ3) is 1.27. The van der Waals surface area contributed by atoms with Crippen LogP contribution in [0.3, 0.4) is 0 Å². The van der Waals surface area contributed by atoms with Crippen molar-refractivity contribution in [3.05, 3.63) is 28.1 Å². The zero-order valence-corrected chi connectivity index (χ0v) is 8.34. The first-order valence-corrected chi connectivity index (χ1v) is 4.97. The van der Waals surface area contributed by atoms with E-state index in [2.05, 4.69) is 4.98 Å². The lowest BCUT2D eigenvalue weighted by Gasteiger charge is -2.05. The molecule has 2 heterocycles. The highest BCUT2D eigenvalue weighted by Gasteiger charge is 2.08. The average molecular weight is 194 g/mol. The second kappa shape index (κ2) is 2.96. The minimum Gasteiger partial charge on any atom is -0.296 e. The van der Waals surface area contributed by atoms with Gasteiger partial charge in [-0.15, -0.1) is 0 Å². The Hall–Kier alpha value is -1.16. The third-order valence-electron chi connectivity index (χ3n) is 1.93. The maximum atomic E-state index is 11.5. The van der Waals surface area contributed by atoms with Crippen molar-refractivity contribution in [2.45, 2.75) is 19.9 Å². The molecule has 3 nitrogen and oxygen atoms in total. The Morgan fingerprint density at radius 3 is 3.00 bits per heavy atom. The van der Waals surface area contributed by atoms with E-state index in [9.17, 15) is 4.79 Å². The highest BCUT2D eigenvalue weighted by atomic mass is 32.1. The Balaban J connectivity index is 2.87. The Morgan fingerprint density at radius 2 is 2.31 bits per heavy atom. The summed E-state index contributed by atoms with van der Waals surface area (Å²) in [6.45, 7) is 4.02. The van der Waals surface area contributed by atoms with Gasteiger partial charge in [-0.25, -0.2) is 0 Å². The molecule has 0 spiro atoms. The van der Waals surface area contributed by atoms with Crippen LogP contribution in [0.5, 0.6) is 0 Å². The summed E-state index contributed by atoms with van der Waals surface area (Å²) in [6, 6.07) is 2.09. The number of hydrogen-bond acceptors (Lipinski definition) is 3. The summed E-state index contributed by atoms with van der Waals surface area (Å²) < 4.78 is 2.75. The fourth-order valence-electron chi connectivity index (χ4n) is 1.38. The van der Waals surface area contributed by atoms with E-state index >= 15 is 0 Å². The van der Waals surface area contributed by atoms with Crippen LogP contribution in [0.4, 0.5) is 0 Å². The number of fused-ring (bicyclic) bond motifs is 1. The average Bonchev–Trinajstić information content (AvgIpc) is 2.39. The summed E-state index contributed by atoms with van der Waals surface area (Å²) in [5.41, 5.74) is 0.986. The Labute approximate surface area is 79.7 Å². The zero-order chi connectivity index (χ0) is 9.42. The van der Waals surface area contributed by atoms with Gasteiger partial charge in [-0.1, -0.05) is 11.3 Å². The van der Waals surface area contributed by atoms with E-state index in [1.165, 1.54) is 11.3 Å². The Morgan fingerprint density at radius 1 is 1.54 bits per heavy atom. The van der Waals surface area contributed by atoms with Gasteiger partial charge in [0.05, 0.1) is 10.2 Å². The number of hydrogen-bond donors (Lipinski definition) is 0. The summed E-state index contributed by atoms with van der Waals surface area (Å²) in [6.07, 6.45) is 3.45. The quantitative estimate of drug-likeness (QED) is 0.696. The molecule has 13 heavy (non-hydrogen) atoms. The molecule has 68 valence electrons. The van der Waals surface area contributed by atoms with Gasteiger partial charge in [0.25, 0.3) is 0 Å². The van der Waals surface area contributed by atoms with Crippen LogP contribution in [0.25, 0.3) is 10.2 Å². The number of pyridine rings is 1. The van der Waals surface area contributed by atoms with E-state index in [1.54, 1.807) is 17.0 Å². The van der Waals surface area contributed by atoms with Gasteiger partial charge in [-0.3, -0.25) is 14.3 Å². The maximum Gasteiger partial charge on any atom is 0.308 e. The second-order valence-electron chi connectivity index (χ2n) is 3.18. The van der Waals surface area contributed by atoms with Crippen LogP contribution < -0.4 is 4.87 Å². The molecule has 0 amide bonds. The first-order valence-electron chi connectivity index (χ1n) is 4.15. The van der Waals surface area contributed by atoms with Crippen molar-refractivity contribution < 1.29 is 0 Å². The molecule has 0 radical (unpaired) electrons. The van der Waals surface area contributed by atoms with Crippen molar-refractivity contribution in [2.75, 3.05) is 0 Å². The van der Waals surface area contributed by atoms with E-state index in [1.807, 2.05) is 19.9 Å².